The summed E-state index contributed by atoms with van der Waals surface area (Å²) in [4.78, 5) is 4.34. The summed E-state index contributed by atoms with van der Waals surface area (Å²) in [5.41, 5.74) is 2.76. The summed E-state index contributed by atoms with van der Waals surface area (Å²) in [6, 6.07) is 6.50. The molecule has 0 bridgehead atoms. The van der Waals surface area contributed by atoms with E-state index in [0.29, 0.717) is 17.2 Å². The molecule has 1 aromatic carbocycles. The van der Waals surface area contributed by atoms with E-state index in [-0.39, 0.29) is 17.0 Å². The first-order chi connectivity index (χ1) is 13.2. The van der Waals surface area contributed by atoms with Gasteiger partial charge < -0.3 is 10.6 Å². The third kappa shape index (κ3) is 4.34. The number of halogens is 2. The van der Waals surface area contributed by atoms with Gasteiger partial charge >= 0.3 is 0 Å². The highest BCUT2D eigenvalue weighted by molar-refractivity contribution is 5.65. The van der Waals surface area contributed by atoms with Gasteiger partial charge in [0.1, 0.15) is 11.6 Å². The Morgan fingerprint density at radius 1 is 1.21 bits per heavy atom. The van der Waals surface area contributed by atoms with Crippen molar-refractivity contribution in [2.24, 2.45) is 0 Å². The van der Waals surface area contributed by atoms with Crippen LogP contribution in [0.4, 0.5) is 8.78 Å². The van der Waals surface area contributed by atoms with Gasteiger partial charge in [0, 0.05) is 47.7 Å². The zero-order chi connectivity index (χ0) is 20.5. The van der Waals surface area contributed by atoms with Gasteiger partial charge in [-0.1, -0.05) is 27.7 Å². The lowest BCUT2D eigenvalue weighted by atomic mass is 9.89. The normalized spacial score (nSPS) is 17.8. The number of benzene rings is 1. The van der Waals surface area contributed by atoms with Crippen molar-refractivity contribution < 1.29 is 8.78 Å². The summed E-state index contributed by atoms with van der Waals surface area (Å²) in [5.74, 6) is -1.11. The molecule has 1 aliphatic heterocycles. The molecule has 2 N–H and O–H groups in total. The molecule has 3 rings (SSSR count). The Kier molecular flexibility index (Phi) is 5.73. The number of aromatic nitrogens is 1. The van der Waals surface area contributed by atoms with Gasteiger partial charge in [-0.15, -0.1) is 0 Å². The molecule has 5 heteroatoms. The molecule has 0 spiro atoms. The molecule has 3 nitrogen and oxygen atoms in total. The van der Waals surface area contributed by atoms with Crippen molar-refractivity contribution in [1.29, 1.82) is 0 Å². The highest BCUT2D eigenvalue weighted by Gasteiger charge is 2.21. The van der Waals surface area contributed by atoms with Crippen LogP contribution in [-0.4, -0.2) is 11.0 Å². The molecule has 2 atom stereocenters. The molecule has 0 saturated heterocycles. The van der Waals surface area contributed by atoms with Gasteiger partial charge in [0.25, 0.3) is 0 Å². The van der Waals surface area contributed by atoms with Crippen molar-refractivity contribution in [1.82, 2.24) is 15.6 Å². The highest BCUT2D eigenvalue weighted by atomic mass is 19.1. The molecule has 1 aliphatic rings. The highest BCUT2D eigenvalue weighted by Crippen LogP contribution is 2.32. The number of hydrogen-bond acceptors (Lipinski definition) is 3. The Morgan fingerprint density at radius 2 is 1.89 bits per heavy atom. The fraction of sp³-hybridized carbons (Fsp3) is 0.435. The van der Waals surface area contributed by atoms with E-state index in [1.54, 1.807) is 18.3 Å². The molecule has 0 aliphatic carbocycles. The van der Waals surface area contributed by atoms with Crippen LogP contribution in [0.1, 0.15) is 64.8 Å². The second kappa shape index (κ2) is 7.90. The molecule has 28 heavy (non-hydrogen) atoms. The minimum absolute atomic E-state index is 0.00311. The average Bonchev–Trinajstić information content (AvgIpc) is 3.08. The van der Waals surface area contributed by atoms with Crippen molar-refractivity contribution in [3.63, 3.8) is 0 Å². The first-order valence-corrected chi connectivity index (χ1v) is 9.86. The standard InChI is InChI=1S/C23H29F2N3/c1-6-17-12-18(13-27-17)28-14(2)16-9-19(24)22(20(25)10-16)15-7-8-26-21(11-15)23(3,4)5/h7-11,13-14,17,27-28H,6,12H2,1-5H3/t14?,17-/m0/s1. The molecular formula is C23H29F2N3. The molecule has 2 aromatic rings. The SMILES string of the molecule is CC[C@H]1CC(NC(C)c2cc(F)c(-c3ccnc(C(C)(C)C)c3)c(F)c2)=CN1. The van der Waals surface area contributed by atoms with Crippen LogP contribution in [0.3, 0.4) is 0 Å². The summed E-state index contributed by atoms with van der Waals surface area (Å²) in [6.07, 6.45) is 5.50. The first kappa shape index (κ1) is 20.3. The zero-order valence-corrected chi connectivity index (χ0v) is 17.2. The molecule has 0 radical (unpaired) electrons. The maximum atomic E-state index is 14.9. The number of nitrogens with zero attached hydrogens (tertiary/aromatic N) is 1. The Balaban J connectivity index is 1.85. The van der Waals surface area contributed by atoms with E-state index < -0.39 is 11.6 Å². The van der Waals surface area contributed by atoms with Crippen molar-refractivity contribution in [2.75, 3.05) is 0 Å². The zero-order valence-electron chi connectivity index (χ0n) is 17.2. The van der Waals surface area contributed by atoms with Crippen molar-refractivity contribution in [2.45, 2.75) is 65.0 Å². The van der Waals surface area contributed by atoms with Crippen molar-refractivity contribution in [3.05, 3.63) is 65.3 Å². The van der Waals surface area contributed by atoms with Gasteiger partial charge in [-0.2, -0.15) is 0 Å². The third-order valence-corrected chi connectivity index (χ3v) is 5.24. The molecule has 2 heterocycles. The number of nitrogens with one attached hydrogen (secondary N) is 2. The lowest BCUT2D eigenvalue weighted by molar-refractivity contribution is 0.556. The Bertz CT molecular complexity index is 861. The molecule has 1 aromatic heterocycles. The van der Waals surface area contributed by atoms with Gasteiger partial charge in [0.2, 0.25) is 0 Å². The number of pyridine rings is 1. The average molecular weight is 386 g/mol. The van der Waals surface area contributed by atoms with Gasteiger partial charge in [-0.3, -0.25) is 4.98 Å². The van der Waals surface area contributed by atoms with Crippen LogP contribution in [0.2, 0.25) is 0 Å². The van der Waals surface area contributed by atoms with Crippen LogP contribution >= 0.6 is 0 Å². The van der Waals surface area contributed by atoms with Gasteiger partial charge in [0.05, 0.1) is 5.56 Å². The second-order valence-electron chi connectivity index (χ2n) is 8.55. The van der Waals surface area contributed by atoms with Crippen LogP contribution in [0, 0.1) is 11.6 Å². The Hall–Kier alpha value is -2.43. The monoisotopic (exact) mass is 385 g/mol. The lowest BCUT2D eigenvalue weighted by Crippen LogP contribution is -2.20. The number of hydrogen-bond donors (Lipinski definition) is 2. The summed E-state index contributed by atoms with van der Waals surface area (Å²) in [7, 11) is 0. The largest absolute Gasteiger partial charge is 0.386 e. The second-order valence-corrected chi connectivity index (χ2v) is 8.55. The van der Waals surface area contributed by atoms with Crippen LogP contribution < -0.4 is 10.6 Å². The van der Waals surface area contributed by atoms with Crippen molar-refractivity contribution in [3.8, 4) is 11.1 Å². The summed E-state index contributed by atoms with van der Waals surface area (Å²) < 4.78 is 29.8. The fourth-order valence-electron chi connectivity index (χ4n) is 3.44. The molecule has 0 fully saturated rings. The van der Waals surface area contributed by atoms with Crippen LogP contribution in [0.15, 0.2) is 42.4 Å². The van der Waals surface area contributed by atoms with E-state index in [1.165, 1.54) is 12.1 Å². The lowest BCUT2D eigenvalue weighted by Gasteiger charge is -2.20. The topological polar surface area (TPSA) is 37.0 Å². The van der Waals surface area contributed by atoms with E-state index >= 15 is 0 Å². The van der Waals surface area contributed by atoms with E-state index in [4.69, 9.17) is 0 Å². The Morgan fingerprint density at radius 3 is 2.46 bits per heavy atom. The smallest absolute Gasteiger partial charge is 0.134 e. The van der Waals surface area contributed by atoms with Gasteiger partial charge in [0.15, 0.2) is 0 Å². The molecule has 1 unspecified atom stereocenters. The molecule has 0 saturated carbocycles. The predicted octanol–water partition coefficient (Wildman–Crippen LogP) is 5.59. The molecule has 150 valence electrons. The van der Waals surface area contributed by atoms with Crippen LogP contribution in [0.25, 0.3) is 11.1 Å². The molecular weight excluding hydrogens is 356 g/mol. The third-order valence-electron chi connectivity index (χ3n) is 5.24. The van der Waals surface area contributed by atoms with Gasteiger partial charge in [-0.05, 0) is 48.7 Å². The predicted molar refractivity (Wildman–Crippen MR) is 110 cm³/mol. The number of rotatable bonds is 5. The quantitative estimate of drug-likeness (QED) is 0.705. The minimum atomic E-state index is -0.556. The summed E-state index contributed by atoms with van der Waals surface area (Å²) in [6.45, 7) is 10.1. The van der Waals surface area contributed by atoms with Crippen LogP contribution in [0.5, 0.6) is 0 Å². The van der Waals surface area contributed by atoms with E-state index in [0.717, 1.165) is 24.2 Å². The first-order valence-electron chi connectivity index (χ1n) is 9.86. The van der Waals surface area contributed by atoms with Crippen LogP contribution in [-0.2, 0) is 5.41 Å². The summed E-state index contributed by atoms with van der Waals surface area (Å²) in [5, 5.41) is 6.66. The fourth-order valence-corrected chi connectivity index (χ4v) is 3.44. The maximum absolute atomic E-state index is 14.9. The summed E-state index contributed by atoms with van der Waals surface area (Å²) >= 11 is 0. The van der Waals surface area contributed by atoms with E-state index in [9.17, 15) is 8.78 Å². The van der Waals surface area contributed by atoms with E-state index in [2.05, 4.69) is 22.5 Å². The van der Waals surface area contributed by atoms with E-state index in [1.807, 2.05) is 33.9 Å². The Labute approximate surface area is 166 Å². The van der Waals surface area contributed by atoms with Gasteiger partial charge in [-0.25, -0.2) is 8.78 Å². The minimum Gasteiger partial charge on any atom is -0.386 e. The molecule has 0 amide bonds. The van der Waals surface area contributed by atoms with Crippen molar-refractivity contribution >= 4 is 0 Å². The maximum Gasteiger partial charge on any atom is 0.134 e.